The molecule has 2 atom stereocenters. The molecule has 27 heavy (non-hydrogen) atoms. The molecule has 2 unspecified atom stereocenters. The minimum absolute atomic E-state index is 0.197. The third kappa shape index (κ3) is 4.45. The number of nitriles is 1. The van der Waals surface area contributed by atoms with Gasteiger partial charge in [0.15, 0.2) is 0 Å². The minimum atomic E-state index is -0.546. The van der Waals surface area contributed by atoms with Gasteiger partial charge < -0.3 is 15.0 Å². The molecule has 1 aromatic carbocycles. The van der Waals surface area contributed by atoms with Crippen molar-refractivity contribution in [3.05, 3.63) is 46.4 Å². The van der Waals surface area contributed by atoms with Crippen LogP contribution < -0.4 is 5.32 Å². The Labute approximate surface area is 163 Å². The molecule has 0 spiro atoms. The fourth-order valence-electron chi connectivity index (χ4n) is 3.14. The van der Waals surface area contributed by atoms with E-state index in [1.807, 2.05) is 26.8 Å². The summed E-state index contributed by atoms with van der Waals surface area (Å²) in [6, 6.07) is 11.3. The fourth-order valence-corrected chi connectivity index (χ4v) is 4.58. The van der Waals surface area contributed by atoms with Crippen molar-refractivity contribution in [1.29, 1.82) is 5.26 Å². The number of carbonyl (C=O) groups is 2. The Kier molecular flexibility index (Phi) is 5.47. The first-order chi connectivity index (χ1) is 12.8. The van der Waals surface area contributed by atoms with Gasteiger partial charge in [-0.05, 0) is 44.9 Å². The van der Waals surface area contributed by atoms with Gasteiger partial charge in [0, 0.05) is 17.0 Å². The highest BCUT2D eigenvalue weighted by atomic mass is 32.2. The van der Waals surface area contributed by atoms with Gasteiger partial charge in [-0.25, -0.2) is 4.79 Å². The van der Waals surface area contributed by atoms with Crippen molar-refractivity contribution in [1.82, 2.24) is 10.2 Å². The van der Waals surface area contributed by atoms with Crippen molar-refractivity contribution in [3.63, 3.8) is 0 Å². The zero-order valence-corrected chi connectivity index (χ0v) is 16.5. The predicted molar refractivity (Wildman–Crippen MR) is 104 cm³/mol. The third-order valence-electron chi connectivity index (χ3n) is 4.39. The molecule has 0 bridgehead atoms. The van der Waals surface area contributed by atoms with Crippen LogP contribution in [0.5, 0.6) is 0 Å². The summed E-state index contributed by atoms with van der Waals surface area (Å²) in [5.74, 6) is -0.573. The van der Waals surface area contributed by atoms with Crippen molar-refractivity contribution in [2.45, 2.75) is 38.2 Å². The monoisotopic (exact) mass is 385 g/mol. The Hall–Kier alpha value is -2.46. The number of ether oxygens (including phenoxy) is 1. The molecule has 1 N–H and O–H groups in total. The molecule has 3 rings (SSSR count). The van der Waals surface area contributed by atoms with E-state index in [1.165, 1.54) is 11.8 Å². The number of rotatable bonds is 2. The van der Waals surface area contributed by atoms with Crippen LogP contribution in [-0.2, 0) is 4.74 Å². The molecule has 2 heterocycles. The average molecular weight is 385 g/mol. The lowest BCUT2D eigenvalue weighted by Crippen LogP contribution is -2.40. The molecule has 6 nitrogen and oxygen atoms in total. The second-order valence-electron chi connectivity index (χ2n) is 7.59. The molecule has 1 aromatic rings. The van der Waals surface area contributed by atoms with Gasteiger partial charge in [-0.15, -0.1) is 11.8 Å². The summed E-state index contributed by atoms with van der Waals surface area (Å²) in [5, 5.41) is 12.3. The number of hydrogen-bond donors (Lipinski definition) is 1. The minimum Gasteiger partial charge on any atom is -0.444 e. The van der Waals surface area contributed by atoms with E-state index in [-0.39, 0.29) is 23.3 Å². The summed E-state index contributed by atoms with van der Waals surface area (Å²) >= 11 is 1.47. The summed E-state index contributed by atoms with van der Waals surface area (Å²) in [6.45, 7) is 6.46. The van der Waals surface area contributed by atoms with Gasteiger partial charge in [-0.3, -0.25) is 4.79 Å². The van der Waals surface area contributed by atoms with Gasteiger partial charge in [0.1, 0.15) is 5.60 Å². The third-order valence-corrected chi connectivity index (χ3v) is 5.71. The molecule has 0 radical (unpaired) electrons. The number of thioether (sulfide) groups is 1. The largest absolute Gasteiger partial charge is 0.444 e. The normalized spacial score (nSPS) is 22.1. The van der Waals surface area contributed by atoms with Crippen LogP contribution in [0.15, 0.2) is 40.8 Å². The summed E-state index contributed by atoms with van der Waals surface area (Å²) in [7, 11) is 0. The average Bonchev–Trinajstić information content (AvgIpc) is 2.97. The highest BCUT2D eigenvalue weighted by molar-refractivity contribution is 8.04. The first-order valence-electron chi connectivity index (χ1n) is 8.90. The summed E-state index contributed by atoms with van der Waals surface area (Å²) in [5.41, 5.74) is 1.05. The van der Waals surface area contributed by atoms with E-state index in [1.54, 1.807) is 29.2 Å². The Bertz CT molecular complexity index is 808. The van der Waals surface area contributed by atoms with Crippen LogP contribution in [0, 0.1) is 17.2 Å². The second-order valence-corrected chi connectivity index (χ2v) is 8.82. The van der Waals surface area contributed by atoms with Crippen LogP contribution in [0.2, 0.25) is 0 Å². The zero-order chi connectivity index (χ0) is 19.6. The van der Waals surface area contributed by atoms with E-state index in [9.17, 15) is 14.9 Å². The van der Waals surface area contributed by atoms with Gasteiger partial charge >= 0.3 is 6.09 Å². The Morgan fingerprint density at radius 1 is 1.30 bits per heavy atom. The molecular weight excluding hydrogens is 362 g/mol. The molecular formula is C20H23N3O3S. The summed E-state index contributed by atoms with van der Waals surface area (Å²) < 4.78 is 5.45. The molecule has 2 amide bonds. The molecule has 2 aliphatic heterocycles. The van der Waals surface area contributed by atoms with Crippen LogP contribution in [0.4, 0.5) is 4.79 Å². The first kappa shape index (κ1) is 19.3. The van der Waals surface area contributed by atoms with Gasteiger partial charge in [-0.1, -0.05) is 18.2 Å². The number of carbonyl (C=O) groups excluding carboxylic acids is 2. The van der Waals surface area contributed by atoms with Crippen LogP contribution in [0.3, 0.4) is 0 Å². The van der Waals surface area contributed by atoms with E-state index < -0.39 is 5.60 Å². The van der Waals surface area contributed by atoms with Crippen LogP contribution >= 0.6 is 11.8 Å². The number of nitrogens with zero attached hydrogens (tertiary/aromatic N) is 2. The summed E-state index contributed by atoms with van der Waals surface area (Å²) in [6.07, 6.45) is 0.275. The molecule has 0 fully saturated rings. The standard InChI is InChI=1S/C20H23N3O3S/c1-20(2,3)26-19(25)23-10-9-14-15(11-21)18(27-16(14)12-23)22-17(24)13-7-5-4-6-8-13/h4-8,15,18H,9-10,12H2,1-3H3,(H,22,24). The topological polar surface area (TPSA) is 82.4 Å². The van der Waals surface area contributed by atoms with Crippen LogP contribution in [-0.4, -0.2) is 41.0 Å². The van der Waals surface area contributed by atoms with Crippen molar-refractivity contribution in [2.75, 3.05) is 13.1 Å². The zero-order valence-electron chi connectivity index (χ0n) is 15.7. The maximum absolute atomic E-state index is 12.5. The number of amides is 2. The highest BCUT2D eigenvalue weighted by Gasteiger charge is 2.40. The molecule has 2 aliphatic rings. The van der Waals surface area contributed by atoms with Gasteiger partial charge in [0.2, 0.25) is 0 Å². The van der Waals surface area contributed by atoms with E-state index in [2.05, 4.69) is 11.4 Å². The van der Waals surface area contributed by atoms with Crippen molar-refractivity contribution in [2.24, 2.45) is 5.92 Å². The smallest absolute Gasteiger partial charge is 0.410 e. The Balaban J connectivity index is 1.68. The fraction of sp³-hybridized carbons (Fsp3) is 0.450. The van der Waals surface area contributed by atoms with Crippen LogP contribution in [0.1, 0.15) is 37.6 Å². The van der Waals surface area contributed by atoms with Gasteiger partial charge in [0.25, 0.3) is 5.91 Å². The Morgan fingerprint density at radius 3 is 2.63 bits per heavy atom. The second kappa shape index (κ2) is 7.65. The molecule has 0 saturated carbocycles. The van der Waals surface area contributed by atoms with E-state index in [0.717, 1.165) is 10.5 Å². The highest BCUT2D eigenvalue weighted by Crippen LogP contribution is 2.44. The van der Waals surface area contributed by atoms with Crippen molar-refractivity contribution in [3.8, 4) is 6.07 Å². The lowest BCUT2D eigenvalue weighted by molar-refractivity contribution is 0.0263. The first-order valence-corrected chi connectivity index (χ1v) is 9.78. The summed E-state index contributed by atoms with van der Waals surface area (Å²) in [4.78, 5) is 27.4. The lowest BCUT2D eigenvalue weighted by atomic mass is 9.94. The number of hydrogen-bond acceptors (Lipinski definition) is 5. The molecule has 0 aromatic heterocycles. The van der Waals surface area contributed by atoms with E-state index >= 15 is 0 Å². The SMILES string of the molecule is CC(C)(C)OC(=O)N1CCC2=C(C1)SC(NC(=O)c1ccccc1)C2C#N. The lowest BCUT2D eigenvalue weighted by Gasteiger charge is -2.30. The number of nitrogens with one attached hydrogen (secondary N) is 1. The van der Waals surface area contributed by atoms with E-state index in [0.29, 0.717) is 25.1 Å². The van der Waals surface area contributed by atoms with Crippen molar-refractivity contribution < 1.29 is 14.3 Å². The quantitative estimate of drug-likeness (QED) is 0.842. The maximum Gasteiger partial charge on any atom is 0.410 e. The molecule has 0 saturated heterocycles. The van der Waals surface area contributed by atoms with Gasteiger partial charge in [-0.2, -0.15) is 5.26 Å². The maximum atomic E-state index is 12.5. The molecule has 7 heteroatoms. The predicted octanol–water partition coefficient (Wildman–Crippen LogP) is 3.52. The molecule has 0 aliphatic carbocycles. The molecule has 142 valence electrons. The van der Waals surface area contributed by atoms with Gasteiger partial charge in [0.05, 0.1) is 23.9 Å². The number of benzene rings is 1. The van der Waals surface area contributed by atoms with Crippen LogP contribution in [0.25, 0.3) is 0 Å². The van der Waals surface area contributed by atoms with Crippen molar-refractivity contribution >= 4 is 23.8 Å². The van der Waals surface area contributed by atoms with E-state index in [4.69, 9.17) is 4.74 Å². The Morgan fingerprint density at radius 2 is 2.00 bits per heavy atom.